The normalized spacial score (nSPS) is 14.1. The lowest BCUT2D eigenvalue weighted by Crippen LogP contribution is -2.40. The first-order valence-electron chi connectivity index (χ1n) is 6.91. The number of carbonyl (C=O) groups is 1. The fraction of sp³-hybridized carbons (Fsp3) is 0.533. The maximum Gasteiger partial charge on any atom is 0.221 e. The highest BCUT2D eigenvalue weighted by Crippen LogP contribution is 2.26. The summed E-state index contributed by atoms with van der Waals surface area (Å²) in [5.41, 5.74) is 7.46. The van der Waals surface area contributed by atoms with Gasteiger partial charge in [-0.2, -0.15) is 0 Å². The Hall–Kier alpha value is -0.910. The predicted molar refractivity (Wildman–Crippen MR) is 86.5 cm³/mol. The van der Waals surface area contributed by atoms with Crippen LogP contribution in [0.1, 0.15) is 31.4 Å². The maximum absolute atomic E-state index is 11.4. The maximum atomic E-state index is 11.4. The van der Waals surface area contributed by atoms with Crippen LogP contribution in [0.5, 0.6) is 0 Å². The van der Waals surface area contributed by atoms with Crippen molar-refractivity contribution in [2.75, 3.05) is 20.6 Å². The van der Waals surface area contributed by atoms with Crippen LogP contribution >= 0.6 is 15.9 Å². The number of likely N-dealkylation sites (N-methyl/N-ethyl adjacent to an activating group) is 1. The topological polar surface area (TPSA) is 58.4 Å². The summed E-state index contributed by atoms with van der Waals surface area (Å²) in [4.78, 5) is 13.6. The third-order valence-corrected chi connectivity index (χ3v) is 4.01. The van der Waals surface area contributed by atoms with E-state index in [-0.39, 0.29) is 18.0 Å². The lowest BCUT2D eigenvalue weighted by molar-refractivity contribution is -0.121. The fourth-order valence-electron chi connectivity index (χ4n) is 2.28. The molecule has 0 aliphatic rings. The molecule has 1 rings (SSSR count). The molecule has 20 heavy (non-hydrogen) atoms. The molecular weight excluding hydrogens is 318 g/mol. The van der Waals surface area contributed by atoms with Gasteiger partial charge in [0.05, 0.1) is 0 Å². The molecule has 112 valence electrons. The predicted octanol–water partition coefficient (Wildman–Crippen LogP) is 2.30. The molecule has 0 fully saturated rings. The Labute approximate surface area is 129 Å². The first-order chi connectivity index (χ1) is 9.49. The molecule has 3 N–H and O–H groups in total. The molecule has 0 heterocycles. The molecule has 1 amide bonds. The third kappa shape index (κ3) is 4.89. The molecule has 2 atom stereocenters. The summed E-state index contributed by atoms with van der Waals surface area (Å²) >= 11 is 3.50. The SMILES string of the molecule is CCC(N)C(c1cccc(Br)c1)N(C)CCC(=O)NC. The molecule has 0 saturated heterocycles. The van der Waals surface area contributed by atoms with Gasteiger partial charge in [-0.3, -0.25) is 9.69 Å². The van der Waals surface area contributed by atoms with Crippen LogP contribution in [-0.4, -0.2) is 37.5 Å². The van der Waals surface area contributed by atoms with Crippen molar-refractivity contribution in [3.8, 4) is 0 Å². The van der Waals surface area contributed by atoms with E-state index in [1.807, 2.05) is 19.2 Å². The Morgan fingerprint density at radius 3 is 2.75 bits per heavy atom. The lowest BCUT2D eigenvalue weighted by atomic mass is 9.96. The number of nitrogens with two attached hydrogens (primary N) is 1. The van der Waals surface area contributed by atoms with E-state index >= 15 is 0 Å². The molecule has 0 aliphatic heterocycles. The van der Waals surface area contributed by atoms with Gasteiger partial charge >= 0.3 is 0 Å². The van der Waals surface area contributed by atoms with Crippen molar-refractivity contribution in [3.63, 3.8) is 0 Å². The van der Waals surface area contributed by atoms with Crippen molar-refractivity contribution in [1.29, 1.82) is 0 Å². The summed E-state index contributed by atoms with van der Waals surface area (Å²) in [6.45, 7) is 2.77. The Morgan fingerprint density at radius 2 is 2.20 bits per heavy atom. The highest BCUT2D eigenvalue weighted by atomic mass is 79.9. The number of carbonyl (C=O) groups excluding carboxylic acids is 1. The Kier molecular flexibility index (Phi) is 7.19. The van der Waals surface area contributed by atoms with E-state index in [1.54, 1.807) is 7.05 Å². The summed E-state index contributed by atoms with van der Waals surface area (Å²) in [5.74, 6) is 0.0508. The van der Waals surface area contributed by atoms with E-state index in [4.69, 9.17) is 5.73 Å². The second kappa shape index (κ2) is 8.39. The van der Waals surface area contributed by atoms with Gasteiger partial charge in [-0.15, -0.1) is 0 Å². The number of halogens is 1. The highest BCUT2D eigenvalue weighted by molar-refractivity contribution is 9.10. The van der Waals surface area contributed by atoms with Crippen LogP contribution in [0, 0.1) is 0 Å². The minimum absolute atomic E-state index is 0.0407. The van der Waals surface area contributed by atoms with Crippen LogP contribution in [0.25, 0.3) is 0 Å². The summed E-state index contributed by atoms with van der Waals surface area (Å²) in [6, 6.07) is 8.35. The first kappa shape index (κ1) is 17.1. The Morgan fingerprint density at radius 1 is 1.50 bits per heavy atom. The van der Waals surface area contributed by atoms with E-state index in [2.05, 4.69) is 45.2 Å². The molecule has 1 aromatic carbocycles. The number of rotatable bonds is 7. The van der Waals surface area contributed by atoms with Crippen LogP contribution in [0.4, 0.5) is 0 Å². The molecule has 2 unspecified atom stereocenters. The molecule has 0 aliphatic carbocycles. The summed E-state index contributed by atoms with van der Waals surface area (Å²) in [7, 11) is 3.68. The molecule has 0 saturated carbocycles. The van der Waals surface area contributed by atoms with Crippen molar-refractivity contribution < 1.29 is 4.79 Å². The molecular formula is C15H24BrN3O. The second-order valence-electron chi connectivity index (χ2n) is 4.98. The molecule has 1 aromatic rings. The van der Waals surface area contributed by atoms with Gasteiger partial charge in [-0.25, -0.2) is 0 Å². The van der Waals surface area contributed by atoms with E-state index in [0.717, 1.165) is 10.9 Å². The molecule has 0 bridgehead atoms. The first-order valence-corrected chi connectivity index (χ1v) is 7.70. The van der Waals surface area contributed by atoms with Crippen LogP contribution in [0.15, 0.2) is 28.7 Å². The van der Waals surface area contributed by atoms with Gasteiger partial charge in [0.25, 0.3) is 0 Å². The molecule has 4 nitrogen and oxygen atoms in total. The standard InChI is InChI=1S/C15H24BrN3O/c1-4-13(17)15(11-6-5-7-12(16)10-11)19(3)9-8-14(20)18-2/h5-7,10,13,15H,4,8-9,17H2,1-3H3,(H,18,20). The minimum Gasteiger partial charge on any atom is -0.359 e. The fourth-order valence-corrected chi connectivity index (χ4v) is 2.70. The Balaban J connectivity index is 2.86. The summed E-state index contributed by atoms with van der Waals surface area (Å²) in [5, 5.41) is 2.65. The highest BCUT2D eigenvalue weighted by Gasteiger charge is 2.23. The molecule has 0 radical (unpaired) electrons. The number of hydrogen-bond acceptors (Lipinski definition) is 3. The molecule has 0 aromatic heterocycles. The van der Waals surface area contributed by atoms with Crippen molar-refractivity contribution in [1.82, 2.24) is 10.2 Å². The van der Waals surface area contributed by atoms with E-state index < -0.39 is 0 Å². The van der Waals surface area contributed by atoms with Crippen molar-refractivity contribution in [2.45, 2.75) is 31.8 Å². The van der Waals surface area contributed by atoms with Crippen LogP contribution in [0.2, 0.25) is 0 Å². The van der Waals surface area contributed by atoms with E-state index in [1.165, 1.54) is 5.56 Å². The zero-order valence-corrected chi connectivity index (χ0v) is 14.0. The van der Waals surface area contributed by atoms with E-state index in [9.17, 15) is 4.79 Å². The molecule has 5 heteroatoms. The number of nitrogens with zero attached hydrogens (tertiary/aromatic N) is 1. The largest absolute Gasteiger partial charge is 0.359 e. The number of hydrogen-bond donors (Lipinski definition) is 2. The average Bonchev–Trinajstić information content (AvgIpc) is 2.44. The average molecular weight is 342 g/mol. The summed E-state index contributed by atoms with van der Waals surface area (Å²) < 4.78 is 1.04. The number of benzene rings is 1. The van der Waals surface area contributed by atoms with E-state index in [0.29, 0.717) is 13.0 Å². The van der Waals surface area contributed by atoms with Crippen molar-refractivity contribution >= 4 is 21.8 Å². The number of nitrogens with one attached hydrogen (secondary N) is 1. The number of amides is 1. The second-order valence-corrected chi connectivity index (χ2v) is 5.89. The van der Waals surface area contributed by atoms with Crippen LogP contribution in [0.3, 0.4) is 0 Å². The van der Waals surface area contributed by atoms with Gasteiger partial charge in [-0.1, -0.05) is 35.0 Å². The minimum atomic E-state index is 0.0407. The summed E-state index contributed by atoms with van der Waals surface area (Å²) in [6.07, 6.45) is 1.37. The monoisotopic (exact) mass is 341 g/mol. The van der Waals surface area contributed by atoms with Gasteiger partial charge in [0, 0.05) is 36.6 Å². The zero-order chi connectivity index (χ0) is 15.1. The Bertz CT molecular complexity index is 439. The van der Waals surface area contributed by atoms with Crippen molar-refractivity contribution in [3.05, 3.63) is 34.3 Å². The van der Waals surface area contributed by atoms with Gasteiger partial charge in [0.15, 0.2) is 0 Å². The van der Waals surface area contributed by atoms with Gasteiger partial charge in [-0.05, 0) is 31.2 Å². The quantitative estimate of drug-likeness (QED) is 0.799. The zero-order valence-electron chi connectivity index (χ0n) is 12.4. The molecule has 0 spiro atoms. The smallest absolute Gasteiger partial charge is 0.221 e. The lowest BCUT2D eigenvalue weighted by Gasteiger charge is -2.32. The van der Waals surface area contributed by atoms with Crippen molar-refractivity contribution in [2.24, 2.45) is 5.73 Å². The van der Waals surface area contributed by atoms with Crippen LogP contribution in [-0.2, 0) is 4.79 Å². The van der Waals surface area contributed by atoms with Gasteiger partial charge in [0.2, 0.25) is 5.91 Å². The third-order valence-electron chi connectivity index (χ3n) is 3.51. The van der Waals surface area contributed by atoms with Gasteiger partial charge < -0.3 is 11.1 Å². The van der Waals surface area contributed by atoms with Crippen LogP contribution < -0.4 is 11.1 Å². The van der Waals surface area contributed by atoms with Gasteiger partial charge in [0.1, 0.15) is 0 Å².